The van der Waals surface area contributed by atoms with Crippen LogP contribution in [0.25, 0.3) is 10.9 Å². The van der Waals surface area contributed by atoms with Crippen molar-refractivity contribution < 1.29 is 0 Å². The van der Waals surface area contributed by atoms with Gasteiger partial charge in [-0.05, 0) is 49.3 Å². The summed E-state index contributed by atoms with van der Waals surface area (Å²) in [5.74, 6) is 0. The van der Waals surface area contributed by atoms with E-state index in [-0.39, 0.29) is 0 Å². The van der Waals surface area contributed by atoms with Crippen molar-refractivity contribution in [3.63, 3.8) is 0 Å². The lowest BCUT2D eigenvalue weighted by Gasteiger charge is -2.42. The van der Waals surface area contributed by atoms with Crippen LogP contribution >= 0.6 is 0 Å². The number of nitrogens with two attached hydrogens (primary N) is 1. The molecule has 3 N–H and O–H groups in total. The van der Waals surface area contributed by atoms with E-state index in [9.17, 15) is 0 Å². The van der Waals surface area contributed by atoms with Crippen LogP contribution < -0.4 is 5.73 Å². The van der Waals surface area contributed by atoms with Gasteiger partial charge in [0.25, 0.3) is 0 Å². The quantitative estimate of drug-likeness (QED) is 0.829. The van der Waals surface area contributed by atoms with Crippen LogP contribution in [0.5, 0.6) is 0 Å². The topological polar surface area (TPSA) is 41.8 Å². The molecule has 2 aromatic rings. The maximum atomic E-state index is 5.76. The minimum Gasteiger partial charge on any atom is -0.361 e. The Morgan fingerprint density at radius 2 is 2.06 bits per heavy atom. The first-order chi connectivity index (χ1) is 8.33. The second-order valence-electron chi connectivity index (χ2n) is 5.43. The molecule has 0 unspecified atom stereocenters. The lowest BCUT2D eigenvalue weighted by atomic mass is 9.63. The molecule has 0 radical (unpaired) electrons. The molecule has 1 aliphatic rings. The average molecular weight is 228 g/mol. The molecule has 2 nitrogen and oxygen atoms in total. The van der Waals surface area contributed by atoms with Gasteiger partial charge in [-0.25, -0.2) is 0 Å². The maximum absolute atomic E-state index is 5.76. The number of H-pyrrole nitrogens is 1. The van der Waals surface area contributed by atoms with E-state index in [2.05, 4.69) is 35.4 Å². The summed E-state index contributed by atoms with van der Waals surface area (Å²) in [4.78, 5) is 3.37. The Kier molecular flexibility index (Phi) is 2.67. The molecule has 1 saturated carbocycles. The van der Waals surface area contributed by atoms with Crippen molar-refractivity contribution in [2.75, 3.05) is 6.54 Å². The van der Waals surface area contributed by atoms with Crippen LogP contribution in [0.2, 0.25) is 0 Å². The minimum atomic E-state index is 0.500. The number of aromatic amines is 1. The van der Waals surface area contributed by atoms with E-state index in [1.807, 2.05) is 0 Å². The van der Waals surface area contributed by atoms with Crippen molar-refractivity contribution in [2.45, 2.75) is 32.1 Å². The van der Waals surface area contributed by atoms with Gasteiger partial charge < -0.3 is 10.7 Å². The molecule has 0 aliphatic heterocycles. The first-order valence-electron chi connectivity index (χ1n) is 6.58. The van der Waals surface area contributed by atoms with Crippen LogP contribution in [-0.4, -0.2) is 11.5 Å². The van der Waals surface area contributed by atoms with Gasteiger partial charge in [0.2, 0.25) is 0 Å². The molecule has 90 valence electrons. The van der Waals surface area contributed by atoms with E-state index in [0.29, 0.717) is 5.41 Å². The van der Waals surface area contributed by atoms with E-state index in [1.165, 1.54) is 48.6 Å². The van der Waals surface area contributed by atoms with Crippen LogP contribution in [0.3, 0.4) is 0 Å². The highest BCUT2D eigenvalue weighted by Crippen LogP contribution is 2.46. The van der Waals surface area contributed by atoms with Crippen molar-refractivity contribution >= 4 is 10.9 Å². The Morgan fingerprint density at radius 3 is 2.76 bits per heavy atom. The Balaban J connectivity index is 1.89. The zero-order valence-electron chi connectivity index (χ0n) is 10.2. The van der Waals surface area contributed by atoms with Crippen molar-refractivity contribution in [1.82, 2.24) is 4.98 Å². The fourth-order valence-corrected chi connectivity index (χ4v) is 3.18. The Bertz CT molecular complexity index is 508. The molecule has 1 aromatic heterocycles. The summed E-state index contributed by atoms with van der Waals surface area (Å²) in [6, 6.07) is 8.57. The Hall–Kier alpha value is -1.28. The Labute approximate surface area is 102 Å². The predicted molar refractivity (Wildman–Crippen MR) is 72.0 cm³/mol. The molecule has 0 saturated heterocycles. The summed E-state index contributed by atoms with van der Waals surface area (Å²) in [5, 5.41) is 1.38. The first kappa shape index (κ1) is 10.8. The third-order valence-electron chi connectivity index (χ3n) is 4.33. The summed E-state index contributed by atoms with van der Waals surface area (Å²) >= 11 is 0. The monoisotopic (exact) mass is 228 g/mol. The van der Waals surface area contributed by atoms with E-state index in [4.69, 9.17) is 5.73 Å². The normalized spacial score (nSPS) is 18.2. The van der Waals surface area contributed by atoms with Gasteiger partial charge in [0.1, 0.15) is 0 Å². The summed E-state index contributed by atoms with van der Waals surface area (Å²) in [6.07, 6.45) is 8.62. The molecule has 1 aliphatic carbocycles. The lowest BCUT2D eigenvalue weighted by Crippen LogP contribution is -2.34. The average Bonchev–Trinajstić information content (AvgIpc) is 2.70. The highest BCUT2D eigenvalue weighted by molar-refractivity contribution is 5.83. The summed E-state index contributed by atoms with van der Waals surface area (Å²) in [5.41, 5.74) is 8.98. The van der Waals surface area contributed by atoms with E-state index >= 15 is 0 Å². The van der Waals surface area contributed by atoms with Crippen molar-refractivity contribution in [2.24, 2.45) is 11.1 Å². The minimum absolute atomic E-state index is 0.500. The fraction of sp³-hybridized carbons (Fsp3) is 0.467. The second kappa shape index (κ2) is 4.19. The van der Waals surface area contributed by atoms with Gasteiger partial charge in [0, 0.05) is 17.1 Å². The van der Waals surface area contributed by atoms with Gasteiger partial charge in [-0.3, -0.25) is 0 Å². The molecule has 2 heteroatoms. The van der Waals surface area contributed by atoms with Crippen molar-refractivity contribution in [1.29, 1.82) is 0 Å². The molecule has 0 spiro atoms. The number of hydrogen-bond donors (Lipinski definition) is 2. The van der Waals surface area contributed by atoms with Gasteiger partial charge in [-0.2, -0.15) is 0 Å². The highest BCUT2D eigenvalue weighted by Gasteiger charge is 2.36. The number of nitrogens with one attached hydrogen (secondary N) is 1. The van der Waals surface area contributed by atoms with Crippen LogP contribution in [0.1, 0.15) is 31.2 Å². The molecule has 1 aromatic carbocycles. The van der Waals surface area contributed by atoms with Crippen LogP contribution in [-0.2, 0) is 6.42 Å². The number of rotatable bonds is 4. The van der Waals surface area contributed by atoms with Crippen molar-refractivity contribution in [3.05, 3.63) is 36.0 Å². The third-order valence-corrected chi connectivity index (χ3v) is 4.33. The predicted octanol–water partition coefficient (Wildman–Crippen LogP) is 3.23. The van der Waals surface area contributed by atoms with Crippen LogP contribution in [0.4, 0.5) is 0 Å². The maximum Gasteiger partial charge on any atom is 0.0456 e. The van der Waals surface area contributed by atoms with Gasteiger partial charge in [-0.15, -0.1) is 0 Å². The van der Waals surface area contributed by atoms with Gasteiger partial charge >= 0.3 is 0 Å². The third kappa shape index (κ3) is 1.87. The molecule has 0 amide bonds. The van der Waals surface area contributed by atoms with Crippen LogP contribution in [0.15, 0.2) is 30.5 Å². The van der Waals surface area contributed by atoms with Gasteiger partial charge in [-0.1, -0.05) is 24.6 Å². The molecular weight excluding hydrogens is 208 g/mol. The molecule has 0 atom stereocenters. The number of para-hydroxylation sites is 1. The second-order valence-corrected chi connectivity index (χ2v) is 5.43. The molecule has 0 bridgehead atoms. The highest BCUT2D eigenvalue weighted by atomic mass is 14.7. The largest absolute Gasteiger partial charge is 0.361 e. The van der Waals surface area contributed by atoms with Gasteiger partial charge in [0.05, 0.1) is 0 Å². The first-order valence-corrected chi connectivity index (χ1v) is 6.58. The van der Waals surface area contributed by atoms with E-state index in [1.54, 1.807) is 0 Å². The zero-order chi connectivity index (χ0) is 11.7. The van der Waals surface area contributed by atoms with E-state index in [0.717, 1.165) is 6.54 Å². The smallest absolute Gasteiger partial charge is 0.0456 e. The van der Waals surface area contributed by atoms with E-state index < -0.39 is 0 Å². The lowest BCUT2D eigenvalue weighted by molar-refractivity contribution is 0.123. The molecular formula is C15H20N2. The van der Waals surface area contributed by atoms with Crippen molar-refractivity contribution in [3.8, 4) is 0 Å². The fourth-order valence-electron chi connectivity index (χ4n) is 3.18. The number of aromatic nitrogens is 1. The molecule has 1 fully saturated rings. The zero-order valence-corrected chi connectivity index (χ0v) is 10.2. The standard InChI is InChI=1S/C15H20N2/c16-9-8-15(6-3-7-15)10-12-11-17-14-5-2-1-4-13(12)14/h1-2,4-5,11,17H,3,6-10,16H2. The van der Waals surface area contributed by atoms with Gasteiger partial charge in [0.15, 0.2) is 0 Å². The SMILES string of the molecule is NCCC1(Cc2c[nH]c3ccccc23)CCC1. The Morgan fingerprint density at radius 1 is 1.24 bits per heavy atom. The molecule has 3 rings (SSSR count). The number of fused-ring (bicyclic) bond motifs is 1. The molecule has 17 heavy (non-hydrogen) atoms. The molecule has 1 heterocycles. The summed E-state index contributed by atoms with van der Waals surface area (Å²) in [6.45, 7) is 0.822. The number of hydrogen-bond acceptors (Lipinski definition) is 1. The summed E-state index contributed by atoms with van der Waals surface area (Å²) < 4.78 is 0. The summed E-state index contributed by atoms with van der Waals surface area (Å²) in [7, 11) is 0. The van der Waals surface area contributed by atoms with Crippen LogP contribution in [0, 0.1) is 5.41 Å². The number of benzene rings is 1.